The van der Waals surface area contributed by atoms with Crippen LogP contribution in [0.1, 0.15) is 13.8 Å². The van der Waals surface area contributed by atoms with Gasteiger partial charge in [-0.1, -0.05) is 23.1 Å². The maximum Gasteiger partial charge on any atom is 0.306 e. The molecule has 0 saturated carbocycles. The van der Waals surface area contributed by atoms with Gasteiger partial charge in [0.15, 0.2) is 4.34 Å². The van der Waals surface area contributed by atoms with Gasteiger partial charge in [0.05, 0.1) is 10.2 Å². The van der Waals surface area contributed by atoms with Crippen molar-refractivity contribution in [2.45, 2.75) is 23.4 Å². The highest BCUT2D eigenvalue weighted by atomic mass is 32.2. The zero-order valence-electron chi connectivity index (χ0n) is 12.8. The summed E-state index contributed by atoms with van der Waals surface area (Å²) in [6.45, 7) is 4.33. The zero-order valence-corrected chi connectivity index (χ0v) is 14.4. The fraction of sp³-hybridized carbons (Fsp3) is 0.308. The Morgan fingerprint density at radius 3 is 2.92 bits per heavy atom. The number of nitrogens with zero attached hydrogens (tertiary/aromatic N) is 3. The number of thioether (sulfide) groups is 1. The Balaban J connectivity index is 2.00. The summed E-state index contributed by atoms with van der Waals surface area (Å²) in [6.07, 6.45) is 0. The molecular weight excluding hydrogens is 357 g/mol. The maximum absolute atomic E-state index is 13.3. The van der Waals surface area contributed by atoms with E-state index in [1.54, 1.807) is 6.92 Å². The van der Waals surface area contributed by atoms with E-state index >= 15 is 0 Å². The van der Waals surface area contributed by atoms with Crippen LogP contribution in [-0.4, -0.2) is 32.8 Å². The first-order valence-electron chi connectivity index (χ1n) is 6.89. The Labute approximate surface area is 145 Å². The molecule has 1 heterocycles. The van der Waals surface area contributed by atoms with Crippen LogP contribution in [-0.2, 0) is 4.79 Å². The Hall–Kier alpha value is -2.27. The van der Waals surface area contributed by atoms with E-state index in [-0.39, 0.29) is 11.6 Å². The number of benzene rings is 1. The van der Waals surface area contributed by atoms with Crippen molar-refractivity contribution in [3.05, 3.63) is 34.1 Å². The number of halogens is 1. The minimum atomic E-state index is -0.953. The Morgan fingerprint density at radius 1 is 1.50 bits per heavy atom. The average molecular weight is 371 g/mol. The topological polar surface area (TPSA) is 110 Å². The summed E-state index contributed by atoms with van der Waals surface area (Å²) in [6, 6.07) is 3.20. The predicted molar refractivity (Wildman–Crippen MR) is 91.1 cm³/mol. The van der Waals surface area contributed by atoms with E-state index in [1.807, 2.05) is 6.92 Å². The summed E-state index contributed by atoms with van der Waals surface area (Å²) < 4.78 is 13.9. The molecule has 1 atom stereocenters. The van der Waals surface area contributed by atoms with Crippen LogP contribution < -0.4 is 10.6 Å². The second-order valence-corrected chi connectivity index (χ2v) is 7.14. The number of aromatic nitrogens is 2. The van der Waals surface area contributed by atoms with E-state index in [2.05, 4.69) is 20.8 Å². The number of nitrogens with one attached hydrogen (secondary N) is 2. The van der Waals surface area contributed by atoms with Crippen molar-refractivity contribution in [3.63, 3.8) is 0 Å². The highest BCUT2D eigenvalue weighted by Crippen LogP contribution is 2.29. The molecule has 128 valence electrons. The standard InChI is InChI=1S/C13H14FN5O3S2/c1-3-15-12-17-18-13(24-12)23-7(2)11(20)16-8-4-5-9(14)10(6-8)19(21)22/h4-7H,3H2,1-2H3,(H,15,17)(H,16,20). The number of carbonyl (C=O) groups excluding carboxylic acids is 1. The molecule has 1 aromatic heterocycles. The molecule has 0 aliphatic rings. The average Bonchev–Trinajstić information content (AvgIpc) is 2.96. The van der Waals surface area contributed by atoms with Gasteiger partial charge in [0.1, 0.15) is 0 Å². The van der Waals surface area contributed by atoms with E-state index in [1.165, 1.54) is 29.2 Å². The summed E-state index contributed by atoms with van der Waals surface area (Å²) in [5.74, 6) is -1.33. The number of carbonyl (C=O) groups is 1. The number of nitro groups is 1. The predicted octanol–water partition coefficient (Wildman–Crippen LogP) is 3.14. The van der Waals surface area contributed by atoms with Gasteiger partial charge >= 0.3 is 5.69 Å². The molecule has 2 aromatic rings. The van der Waals surface area contributed by atoms with Gasteiger partial charge in [-0.3, -0.25) is 14.9 Å². The van der Waals surface area contributed by atoms with Crippen LogP contribution in [0.25, 0.3) is 0 Å². The first-order chi connectivity index (χ1) is 11.4. The third-order valence-electron chi connectivity index (χ3n) is 2.79. The van der Waals surface area contributed by atoms with Crippen LogP contribution in [0.15, 0.2) is 22.5 Å². The fourth-order valence-electron chi connectivity index (χ4n) is 1.66. The lowest BCUT2D eigenvalue weighted by molar-refractivity contribution is -0.387. The molecule has 0 spiro atoms. The first kappa shape index (κ1) is 18.1. The number of rotatable bonds is 7. The van der Waals surface area contributed by atoms with Gasteiger partial charge in [0.2, 0.25) is 16.9 Å². The Morgan fingerprint density at radius 2 is 2.25 bits per heavy atom. The van der Waals surface area contributed by atoms with Gasteiger partial charge < -0.3 is 10.6 Å². The summed E-state index contributed by atoms with van der Waals surface area (Å²) >= 11 is 2.54. The number of hydrogen-bond donors (Lipinski definition) is 2. The van der Waals surface area contributed by atoms with Crippen molar-refractivity contribution in [3.8, 4) is 0 Å². The monoisotopic (exact) mass is 371 g/mol. The molecule has 1 aromatic carbocycles. The van der Waals surface area contributed by atoms with Gasteiger partial charge in [-0.2, -0.15) is 4.39 Å². The quantitative estimate of drug-likeness (QED) is 0.437. The van der Waals surface area contributed by atoms with Gasteiger partial charge in [-0.15, -0.1) is 10.2 Å². The number of amides is 1. The molecule has 0 radical (unpaired) electrons. The number of nitro benzene ring substituents is 1. The van der Waals surface area contributed by atoms with Crippen molar-refractivity contribution in [1.82, 2.24) is 10.2 Å². The van der Waals surface area contributed by atoms with Gasteiger partial charge in [-0.05, 0) is 26.0 Å². The highest BCUT2D eigenvalue weighted by molar-refractivity contribution is 8.02. The van der Waals surface area contributed by atoms with Crippen molar-refractivity contribution in [2.24, 2.45) is 0 Å². The van der Waals surface area contributed by atoms with Gasteiger partial charge in [0.25, 0.3) is 0 Å². The normalized spacial score (nSPS) is 11.8. The zero-order chi connectivity index (χ0) is 17.7. The van der Waals surface area contributed by atoms with Crippen molar-refractivity contribution >= 4 is 45.5 Å². The summed E-state index contributed by atoms with van der Waals surface area (Å²) in [5, 5.41) is 24.3. The first-order valence-corrected chi connectivity index (χ1v) is 8.59. The molecule has 2 rings (SSSR count). The summed E-state index contributed by atoms with van der Waals surface area (Å²) in [4.78, 5) is 22.0. The molecule has 24 heavy (non-hydrogen) atoms. The third-order valence-corrected chi connectivity index (χ3v) is 4.86. The molecule has 0 fully saturated rings. The van der Waals surface area contributed by atoms with E-state index in [0.29, 0.717) is 9.47 Å². The van der Waals surface area contributed by atoms with E-state index in [0.717, 1.165) is 18.7 Å². The van der Waals surface area contributed by atoms with Crippen LogP contribution in [0.4, 0.5) is 20.9 Å². The van der Waals surface area contributed by atoms with Crippen LogP contribution >= 0.6 is 23.1 Å². The lowest BCUT2D eigenvalue weighted by atomic mass is 10.2. The number of anilines is 2. The van der Waals surface area contributed by atoms with Crippen LogP contribution in [0, 0.1) is 15.9 Å². The third kappa shape index (κ3) is 4.61. The van der Waals surface area contributed by atoms with Crippen molar-refractivity contribution in [1.29, 1.82) is 0 Å². The minimum Gasteiger partial charge on any atom is -0.360 e. The molecule has 1 amide bonds. The van der Waals surface area contributed by atoms with Crippen LogP contribution in [0.5, 0.6) is 0 Å². The molecule has 0 aliphatic carbocycles. The molecule has 0 saturated heterocycles. The van der Waals surface area contributed by atoms with Crippen molar-refractivity contribution < 1.29 is 14.1 Å². The molecule has 0 aliphatic heterocycles. The molecular formula is C13H14FN5O3S2. The lowest BCUT2D eigenvalue weighted by Gasteiger charge is -2.10. The largest absolute Gasteiger partial charge is 0.360 e. The fourth-order valence-corrected chi connectivity index (χ4v) is 3.62. The van der Waals surface area contributed by atoms with Crippen molar-refractivity contribution in [2.75, 3.05) is 17.2 Å². The minimum absolute atomic E-state index is 0.158. The number of hydrogen-bond acceptors (Lipinski definition) is 8. The van der Waals surface area contributed by atoms with E-state index < -0.39 is 21.7 Å². The van der Waals surface area contributed by atoms with E-state index in [4.69, 9.17) is 0 Å². The second-order valence-electron chi connectivity index (χ2n) is 4.58. The summed E-state index contributed by atoms with van der Waals surface area (Å²) in [5.41, 5.74) is -0.529. The molecule has 1 unspecified atom stereocenters. The highest BCUT2D eigenvalue weighted by Gasteiger charge is 2.19. The van der Waals surface area contributed by atoms with Crippen LogP contribution in [0.3, 0.4) is 0 Å². The molecule has 0 bridgehead atoms. The maximum atomic E-state index is 13.3. The molecule has 11 heteroatoms. The van der Waals surface area contributed by atoms with Gasteiger partial charge in [0, 0.05) is 18.3 Å². The van der Waals surface area contributed by atoms with Crippen LogP contribution in [0.2, 0.25) is 0 Å². The smallest absolute Gasteiger partial charge is 0.306 e. The van der Waals surface area contributed by atoms with Gasteiger partial charge in [-0.25, -0.2) is 0 Å². The summed E-state index contributed by atoms with van der Waals surface area (Å²) in [7, 11) is 0. The molecule has 8 nitrogen and oxygen atoms in total. The molecule has 2 N–H and O–H groups in total. The Kier molecular flexibility index (Phi) is 6.04. The second kappa shape index (κ2) is 8.02. The lowest BCUT2D eigenvalue weighted by Crippen LogP contribution is -2.22. The van der Waals surface area contributed by atoms with E-state index in [9.17, 15) is 19.3 Å². The Bertz CT molecular complexity index is 755. The SMILES string of the molecule is CCNc1nnc(SC(C)C(=O)Nc2ccc(F)c([N+](=O)[O-])c2)s1.